The second-order valence-corrected chi connectivity index (χ2v) is 4.34. The third-order valence-corrected chi connectivity index (χ3v) is 2.94. The molecule has 0 saturated heterocycles. The average Bonchev–Trinajstić information content (AvgIpc) is 2.89. The SMILES string of the molecule is N#Cc1ccc2nc(-c3cccc(OC(F)F)c3)[nH]c2c1. The van der Waals surface area contributed by atoms with Gasteiger partial charge in [-0.25, -0.2) is 4.98 Å². The summed E-state index contributed by atoms with van der Waals surface area (Å²) in [5.74, 6) is 0.598. The van der Waals surface area contributed by atoms with E-state index >= 15 is 0 Å². The van der Waals surface area contributed by atoms with Gasteiger partial charge in [-0.1, -0.05) is 12.1 Å². The minimum absolute atomic E-state index is 0.0701. The van der Waals surface area contributed by atoms with Crippen molar-refractivity contribution in [2.24, 2.45) is 0 Å². The van der Waals surface area contributed by atoms with Gasteiger partial charge in [0.25, 0.3) is 0 Å². The molecule has 0 unspecified atom stereocenters. The van der Waals surface area contributed by atoms with E-state index in [1.165, 1.54) is 12.1 Å². The summed E-state index contributed by atoms with van der Waals surface area (Å²) >= 11 is 0. The van der Waals surface area contributed by atoms with E-state index in [-0.39, 0.29) is 5.75 Å². The number of fused-ring (bicyclic) bond motifs is 1. The zero-order chi connectivity index (χ0) is 14.8. The number of nitrogens with zero attached hydrogens (tertiary/aromatic N) is 2. The molecule has 3 aromatic rings. The van der Waals surface area contributed by atoms with Crippen LogP contribution < -0.4 is 4.74 Å². The van der Waals surface area contributed by atoms with Crippen molar-refractivity contribution in [3.05, 3.63) is 48.0 Å². The van der Waals surface area contributed by atoms with Gasteiger partial charge in [0.05, 0.1) is 22.7 Å². The van der Waals surface area contributed by atoms with Crippen LogP contribution in [0.15, 0.2) is 42.5 Å². The Morgan fingerprint density at radius 2 is 2.05 bits per heavy atom. The third kappa shape index (κ3) is 2.67. The van der Waals surface area contributed by atoms with Crippen LogP contribution in [-0.4, -0.2) is 16.6 Å². The summed E-state index contributed by atoms with van der Waals surface area (Å²) in [6.45, 7) is -2.87. The number of aromatic nitrogens is 2. The minimum Gasteiger partial charge on any atom is -0.435 e. The highest BCUT2D eigenvalue weighted by Crippen LogP contribution is 2.25. The van der Waals surface area contributed by atoms with Crippen LogP contribution in [-0.2, 0) is 0 Å². The van der Waals surface area contributed by atoms with Crippen LogP contribution in [0.2, 0.25) is 0 Å². The Balaban J connectivity index is 2.02. The highest BCUT2D eigenvalue weighted by atomic mass is 19.3. The van der Waals surface area contributed by atoms with Gasteiger partial charge in [0.15, 0.2) is 0 Å². The van der Waals surface area contributed by atoms with Crippen LogP contribution >= 0.6 is 0 Å². The largest absolute Gasteiger partial charge is 0.435 e. The summed E-state index contributed by atoms with van der Waals surface area (Å²) in [4.78, 5) is 7.43. The molecule has 0 bridgehead atoms. The fourth-order valence-electron chi connectivity index (χ4n) is 2.04. The topological polar surface area (TPSA) is 61.7 Å². The number of rotatable bonds is 3. The highest BCUT2D eigenvalue weighted by molar-refractivity contribution is 5.80. The number of ether oxygens (including phenoxy) is 1. The minimum atomic E-state index is -2.87. The van der Waals surface area contributed by atoms with Crippen molar-refractivity contribution in [1.29, 1.82) is 5.26 Å². The van der Waals surface area contributed by atoms with Crippen LogP contribution in [0, 0.1) is 11.3 Å². The molecule has 6 heteroatoms. The second kappa shape index (κ2) is 5.21. The first-order chi connectivity index (χ1) is 10.2. The maximum Gasteiger partial charge on any atom is 0.387 e. The molecule has 0 aliphatic heterocycles. The average molecular weight is 285 g/mol. The Hall–Kier alpha value is -2.94. The summed E-state index contributed by atoms with van der Waals surface area (Å²) in [5, 5.41) is 8.87. The first-order valence-electron chi connectivity index (χ1n) is 6.11. The molecular weight excluding hydrogens is 276 g/mol. The molecule has 104 valence electrons. The first kappa shape index (κ1) is 13.1. The van der Waals surface area contributed by atoms with E-state index in [9.17, 15) is 8.78 Å². The van der Waals surface area contributed by atoms with E-state index in [1.807, 2.05) is 6.07 Å². The van der Waals surface area contributed by atoms with Gasteiger partial charge < -0.3 is 9.72 Å². The van der Waals surface area contributed by atoms with Crippen molar-refractivity contribution >= 4 is 11.0 Å². The molecule has 4 nitrogen and oxygen atoms in total. The molecule has 0 amide bonds. The number of hydrogen-bond donors (Lipinski definition) is 1. The molecule has 0 spiro atoms. The van der Waals surface area contributed by atoms with Gasteiger partial charge in [0, 0.05) is 5.56 Å². The predicted octanol–water partition coefficient (Wildman–Crippen LogP) is 3.70. The molecule has 0 atom stereocenters. The van der Waals surface area contributed by atoms with E-state index < -0.39 is 6.61 Å². The molecule has 1 N–H and O–H groups in total. The molecule has 0 aliphatic rings. The number of hydrogen-bond acceptors (Lipinski definition) is 3. The maximum atomic E-state index is 12.2. The standard InChI is InChI=1S/C15H9F2N3O/c16-15(17)21-11-3-1-2-10(7-11)14-19-12-5-4-9(8-18)6-13(12)20-14/h1-7,15H,(H,19,20). The third-order valence-electron chi connectivity index (χ3n) is 2.94. The van der Waals surface area contributed by atoms with Crippen LogP contribution in [0.4, 0.5) is 8.78 Å². The van der Waals surface area contributed by atoms with E-state index in [0.29, 0.717) is 28.0 Å². The number of H-pyrrole nitrogens is 1. The molecule has 0 radical (unpaired) electrons. The van der Waals surface area contributed by atoms with Crippen molar-refractivity contribution in [2.45, 2.75) is 6.61 Å². The summed E-state index contributed by atoms with van der Waals surface area (Å²) in [7, 11) is 0. The first-order valence-corrected chi connectivity index (χ1v) is 6.11. The van der Waals surface area contributed by atoms with Crippen LogP contribution in [0.25, 0.3) is 22.4 Å². The van der Waals surface area contributed by atoms with Gasteiger partial charge in [-0.3, -0.25) is 0 Å². The monoisotopic (exact) mass is 285 g/mol. The van der Waals surface area contributed by atoms with Crippen molar-refractivity contribution in [3.63, 3.8) is 0 Å². The lowest BCUT2D eigenvalue weighted by molar-refractivity contribution is -0.0498. The lowest BCUT2D eigenvalue weighted by atomic mass is 10.2. The number of nitriles is 1. The number of alkyl halides is 2. The summed E-state index contributed by atoms with van der Waals surface area (Å²) in [6.07, 6.45) is 0. The fourth-order valence-corrected chi connectivity index (χ4v) is 2.04. The zero-order valence-electron chi connectivity index (χ0n) is 10.7. The molecule has 0 saturated carbocycles. The van der Waals surface area contributed by atoms with Crippen LogP contribution in [0.1, 0.15) is 5.56 Å². The Bertz CT molecular complexity index is 836. The molecule has 1 heterocycles. The Morgan fingerprint density at radius 3 is 2.81 bits per heavy atom. The highest BCUT2D eigenvalue weighted by Gasteiger charge is 2.09. The van der Waals surface area contributed by atoms with Gasteiger partial charge in [0.2, 0.25) is 0 Å². The Labute approximate surface area is 118 Å². The molecule has 21 heavy (non-hydrogen) atoms. The quantitative estimate of drug-likeness (QED) is 0.798. The van der Waals surface area contributed by atoms with Crippen LogP contribution in [0.3, 0.4) is 0 Å². The maximum absolute atomic E-state index is 12.2. The van der Waals surface area contributed by atoms with Gasteiger partial charge in [-0.05, 0) is 30.3 Å². The van der Waals surface area contributed by atoms with Gasteiger partial charge in [-0.2, -0.15) is 14.0 Å². The van der Waals surface area contributed by atoms with Gasteiger partial charge in [0.1, 0.15) is 11.6 Å². The Kier molecular flexibility index (Phi) is 3.24. The summed E-state index contributed by atoms with van der Waals surface area (Å²) < 4.78 is 28.8. The zero-order valence-corrected chi connectivity index (χ0v) is 10.7. The van der Waals surface area contributed by atoms with Crippen molar-refractivity contribution in [2.75, 3.05) is 0 Å². The number of nitrogens with one attached hydrogen (secondary N) is 1. The molecule has 3 rings (SSSR count). The van der Waals surface area contributed by atoms with Crippen molar-refractivity contribution in [1.82, 2.24) is 9.97 Å². The van der Waals surface area contributed by atoms with Gasteiger partial charge in [-0.15, -0.1) is 0 Å². The number of aromatic amines is 1. The van der Waals surface area contributed by atoms with E-state index in [2.05, 4.69) is 14.7 Å². The number of halogens is 2. The van der Waals surface area contributed by atoms with Crippen molar-refractivity contribution < 1.29 is 13.5 Å². The Morgan fingerprint density at radius 1 is 1.19 bits per heavy atom. The molecule has 0 aliphatic carbocycles. The molecule has 0 fully saturated rings. The van der Waals surface area contributed by atoms with Gasteiger partial charge >= 0.3 is 6.61 Å². The predicted molar refractivity (Wildman–Crippen MR) is 72.9 cm³/mol. The molecular formula is C15H9F2N3O. The smallest absolute Gasteiger partial charge is 0.387 e. The molecule has 2 aromatic carbocycles. The summed E-state index contributed by atoms with van der Waals surface area (Å²) in [5.41, 5.74) is 2.56. The molecule has 1 aromatic heterocycles. The summed E-state index contributed by atoms with van der Waals surface area (Å²) in [6, 6.07) is 13.4. The van der Waals surface area contributed by atoms with Crippen molar-refractivity contribution in [3.8, 4) is 23.2 Å². The lowest BCUT2D eigenvalue weighted by Crippen LogP contribution is -2.01. The fraction of sp³-hybridized carbons (Fsp3) is 0.0667. The van der Waals surface area contributed by atoms with Crippen LogP contribution in [0.5, 0.6) is 5.75 Å². The van der Waals surface area contributed by atoms with E-state index in [1.54, 1.807) is 30.3 Å². The van der Waals surface area contributed by atoms with E-state index in [0.717, 1.165) is 0 Å². The lowest BCUT2D eigenvalue weighted by Gasteiger charge is -2.05. The normalized spacial score (nSPS) is 10.8. The number of imidazole rings is 1. The second-order valence-electron chi connectivity index (χ2n) is 4.34. The van der Waals surface area contributed by atoms with E-state index in [4.69, 9.17) is 5.26 Å². The number of benzene rings is 2.